The van der Waals surface area contributed by atoms with Crippen molar-refractivity contribution in [2.24, 2.45) is 5.92 Å². The number of thioether (sulfide) groups is 1. The monoisotopic (exact) mass is 566 g/mol. The van der Waals surface area contributed by atoms with Gasteiger partial charge in [-0.3, -0.25) is 4.90 Å². The fourth-order valence-electron chi connectivity index (χ4n) is 6.16. The number of hydrogen-bond donors (Lipinski definition) is 2. The molecule has 1 aliphatic carbocycles. The molecular weight excluding hydrogens is 524 g/mol. The molecule has 2 aromatic rings. The second-order valence-corrected chi connectivity index (χ2v) is 12.8. The maximum Gasteiger partial charge on any atom is 0.319 e. The number of benzene rings is 1. The molecule has 2 amide bonds. The second-order valence-electron chi connectivity index (χ2n) is 11.4. The van der Waals surface area contributed by atoms with E-state index in [4.69, 9.17) is 19.4 Å². The minimum Gasteiger partial charge on any atom is -0.378 e. The van der Waals surface area contributed by atoms with E-state index in [2.05, 4.69) is 34.3 Å². The lowest BCUT2D eigenvalue weighted by Gasteiger charge is -2.44. The van der Waals surface area contributed by atoms with Crippen LogP contribution in [0, 0.1) is 5.92 Å². The van der Waals surface area contributed by atoms with E-state index in [1.54, 1.807) is 0 Å². The molecule has 1 aromatic heterocycles. The summed E-state index contributed by atoms with van der Waals surface area (Å²) >= 11 is 1.98. The summed E-state index contributed by atoms with van der Waals surface area (Å²) in [6, 6.07) is 8.38. The van der Waals surface area contributed by atoms with Crippen molar-refractivity contribution < 1.29 is 14.3 Å². The lowest BCUT2D eigenvalue weighted by molar-refractivity contribution is -0.0804. The average molecular weight is 567 g/mol. The zero-order valence-electron chi connectivity index (χ0n) is 23.7. The number of anilines is 2. The molecule has 3 fully saturated rings. The van der Waals surface area contributed by atoms with Crippen molar-refractivity contribution in [2.45, 2.75) is 56.9 Å². The van der Waals surface area contributed by atoms with Crippen molar-refractivity contribution in [2.75, 3.05) is 68.6 Å². The minimum atomic E-state index is -0.165. The number of rotatable bonds is 9. The molecular formula is C30H42N6O3S. The lowest BCUT2D eigenvalue weighted by atomic mass is 9.83. The summed E-state index contributed by atoms with van der Waals surface area (Å²) in [4.78, 5) is 27.6. The summed E-state index contributed by atoms with van der Waals surface area (Å²) in [7, 11) is 0. The Bertz CT molecular complexity index is 1160. The van der Waals surface area contributed by atoms with Crippen LogP contribution in [0.2, 0.25) is 0 Å². The van der Waals surface area contributed by atoms with Gasteiger partial charge in [-0.2, -0.15) is 11.8 Å². The molecule has 216 valence electrons. The minimum absolute atomic E-state index is 0.165. The van der Waals surface area contributed by atoms with Gasteiger partial charge in [0.05, 0.1) is 44.2 Å². The predicted octanol–water partition coefficient (Wildman–Crippen LogP) is 4.34. The molecule has 0 radical (unpaired) electrons. The van der Waals surface area contributed by atoms with E-state index in [0.29, 0.717) is 12.6 Å². The second kappa shape index (κ2) is 12.6. The van der Waals surface area contributed by atoms with Crippen LogP contribution < -0.4 is 15.5 Å². The molecule has 2 saturated heterocycles. The van der Waals surface area contributed by atoms with Crippen molar-refractivity contribution >= 4 is 29.3 Å². The Hall–Kier alpha value is -2.40. The maximum absolute atomic E-state index is 12.4. The van der Waals surface area contributed by atoms with E-state index in [0.717, 1.165) is 98.0 Å². The number of nitrogens with zero attached hydrogens (tertiary/aromatic N) is 4. The Kier molecular flexibility index (Phi) is 8.76. The van der Waals surface area contributed by atoms with Crippen LogP contribution in [0.25, 0.3) is 11.4 Å². The fraction of sp³-hybridized carbons (Fsp3) is 0.633. The van der Waals surface area contributed by atoms with Crippen LogP contribution in [0.15, 0.2) is 24.3 Å². The van der Waals surface area contributed by atoms with Crippen LogP contribution in [0.3, 0.4) is 0 Å². The van der Waals surface area contributed by atoms with Gasteiger partial charge in [-0.15, -0.1) is 0 Å². The summed E-state index contributed by atoms with van der Waals surface area (Å²) in [6.07, 6.45) is 4.89. The molecule has 6 rings (SSSR count). The van der Waals surface area contributed by atoms with E-state index >= 15 is 0 Å². The molecule has 1 unspecified atom stereocenters. The SMILES string of the molecule is CCC1CC(SCCNC(=O)Nc2ccc(-c3nc4c(c(N5CCOCC5)n3)CCN(C3COC3)C4C)cc2)C1. The number of carbonyl (C=O) groups is 1. The van der Waals surface area contributed by atoms with Gasteiger partial charge >= 0.3 is 6.03 Å². The zero-order chi connectivity index (χ0) is 27.5. The largest absolute Gasteiger partial charge is 0.378 e. The molecule has 0 spiro atoms. The molecule has 10 heteroatoms. The Morgan fingerprint density at radius 1 is 1.07 bits per heavy atom. The maximum atomic E-state index is 12.4. The summed E-state index contributed by atoms with van der Waals surface area (Å²) in [6.45, 7) is 10.9. The molecule has 1 saturated carbocycles. The van der Waals surface area contributed by atoms with Gasteiger partial charge in [0.25, 0.3) is 0 Å². The van der Waals surface area contributed by atoms with E-state index < -0.39 is 0 Å². The first-order chi connectivity index (χ1) is 19.6. The van der Waals surface area contributed by atoms with E-state index in [9.17, 15) is 4.79 Å². The highest BCUT2D eigenvalue weighted by atomic mass is 32.2. The van der Waals surface area contributed by atoms with Gasteiger partial charge in [0, 0.05) is 54.0 Å². The standard InChI is InChI=1S/C30H42N6O3S/c1-3-21-16-25(17-21)40-15-9-31-30(37)32-23-6-4-22(5-7-23)28-33-27-20(2)36(24-18-39-19-24)10-8-26(27)29(34-28)35-11-13-38-14-12-35/h4-7,20-21,24-25H,3,8-19H2,1-2H3,(H2,31,32,37). The number of ether oxygens (including phenoxy) is 2. The molecule has 0 bridgehead atoms. The molecule has 2 N–H and O–H groups in total. The first-order valence-corrected chi connectivity index (χ1v) is 16.0. The number of carbonyl (C=O) groups excluding carboxylic acids is 1. The van der Waals surface area contributed by atoms with Crippen LogP contribution >= 0.6 is 11.8 Å². The quantitative estimate of drug-likeness (QED) is 0.433. The molecule has 1 atom stereocenters. The summed E-state index contributed by atoms with van der Waals surface area (Å²) in [5.74, 6) is 3.65. The highest BCUT2D eigenvalue weighted by Gasteiger charge is 2.37. The van der Waals surface area contributed by atoms with Crippen molar-refractivity contribution in [1.82, 2.24) is 20.2 Å². The van der Waals surface area contributed by atoms with Gasteiger partial charge in [-0.25, -0.2) is 14.8 Å². The van der Waals surface area contributed by atoms with E-state index in [-0.39, 0.29) is 12.1 Å². The number of amides is 2. The van der Waals surface area contributed by atoms with Gasteiger partial charge in [0.2, 0.25) is 0 Å². The lowest BCUT2D eigenvalue weighted by Crippen LogP contribution is -2.52. The van der Waals surface area contributed by atoms with Crippen molar-refractivity contribution in [3.63, 3.8) is 0 Å². The molecule has 3 aliphatic heterocycles. The third-order valence-electron chi connectivity index (χ3n) is 8.84. The van der Waals surface area contributed by atoms with Gasteiger partial charge in [0.15, 0.2) is 5.82 Å². The number of nitrogens with one attached hydrogen (secondary N) is 2. The Morgan fingerprint density at radius 3 is 2.55 bits per heavy atom. The molecule has 1 aromatic carbocycles. The van der Waals surface area contributed by atoms with Crippen molar-refractivity contribution in [3.05, 3.63) is 35.5 Å². The van der Waals surface area contributed by atoms with Gasteiger partial charge < -0.3 is 25.0 Å². The molecule has 9 nitrogen and oxygen atoms in total. The highest BCUT2D eigenvalue weighted by Crippen LogP contribution is 2.39. The van der Waals surface area contributed by atoms with E-state index in [1.165, 1.54) is 24.8 Å². The topological polar surface area (TPSA) is 91.9 Å². The average Bonchev–Trinajstić information content (AvgIpc) is 2.93. The first kappa shape index (κ1) is 27.8. The third-order valence-corrected chi connectivity index (χ3v) is 10.1. The number of urea groups is 1. The predicted molar refractivity (Wildman–Crippen MR) is 160 cm³/mol. The number of morpholine rings is 1. The summed E-state index contributed by atoms with van der Waals surface area (Å²) < 4.78 is 11.1. The van der Waals surface area contributed by atoms with Crippen LogP contribution in [-0.4, -0.2) is 90.6 Å². The highest BCUT2D eigenvalue weighted by molar-refractivity contribution is 7.99. The van der Waals surface area contributed by atoms with Crippen LogP contribution in [0.1, 0.15) is 50.4 Å². The van der Waals surface area contributed by atoms with Gasteiger partial charge in [-0.05, 0) is 56.4 Å². The van der Waals surface area contributed by atoms with E-state index in [1.807, 2.05) is 36.0 Å². The first-order valence-electron chi connectivity index (χ1n) is 14.9. The smallest absolute Gasteiger partial charge is 0.319 e. The fourth-order valence-corrected chi connectivity index (χ4v) is 7.53. The molecule has 4 heterocycles. The Balaban J connectivity index is 1.12. The third kappa shape index (κ3) is 6.10. The Morgan fingerprint density at radius 2 is 1.85 bits per heavy atom. The van der Waals surface area contributed by atoms with Gasteiger partial charge in [-0.1, -0.05) is 13.3 Å². The van der Waals surface area contributed by atoms with Crippen LogP contribution in [0.5, 0.6) is 0 Å². The van der Waals surface area contributed by atoms with Gasteiger partial charge in [0.1, 0.15) is 5.82 Å². The van der Waals surface area contributed by atoms with Crippen molar-refractivity contribution in [1.29, 1.82) is 0 Å². The summed E-state index contributed by atoms with van der Waals surface area (Å²) in [5, 5.41) is 6.72. The zero-order valence-corrected chi connectivity index (χ0v) is 24.5. The number of fused-ring (bicyclic) bond motifs is 1. The summed E-state index contributed by atoms with van der Waals surface area (Å²) in [5.41, 5.74) is 4.10. The molecule has 4 aliphatic rings. The van der Waals surface area contributed by atoms with Crippen LogP contribution in [-0.2, 0) is 15.9 Å². The van der Waals surface area contributed by atoms with Crippen LogP contribution in [0.4, 0.5) is 16.3 Å². The normalized spacial score (nSPS) is 25.1. The molecule has 40 heavy (non-hydrogen) atoms. The van der Waals surface area contributed by atoms with Crippen molar-refractivity contribution in [3.8, 4) is 11.4 Å². The number of hydrogen-bond acceptors (Lipinski definition) is 8. The number of aromatic nitrogens is 2. The Labute approximate surface area is 241 Å².